The summed E-state index contributed by atoms with van der Waals surface area (Å²) in [6, 6.07) is 0. The minimum Gasteiger partial charge on any atom is -0.468 e. The van der Waals surface area contributed by atoms with E-state index in [1.54, 1.807) is 6.92 Å². The van der Waals surface area contributed by atoms with Gasteiger partial charge in [0.05, 0.1) is 6.61 Å². The third-order valence-electron chi connectivity index (χ3n) is 1.63. The van der Waals surface area contributed by atoms with Gasteiger partial charge in [-0.1, -0.05) is 26.2 Å². The Bertz CT molecular complexity index is 77.3. The SMILES string of the molecule is CC1CCC1.CCOC=O. The summed E-state index contributed by atoms with van der Waals surface area (Å²) in [5.41, 5.74) is 0. The zero-order chi connectivity index (χ0) is 7.82. The van der Waals surface area contributed by atoms with Crippen molar-refractivity contribution in [2.24, 2.45) is 5.92 Å². The number of rotatable bonds is 2. The van der Waals surface area contributed by atoms with E-state index in [-0.39, 0.29) is 0 Å². The van der Waals surface area contributed by atoms with E-state index in [1.807, 2.05) is 0 Å². The third-order valence-corrected chi connectivity index (χ3v) is 1.63. The third kappa shape index (κ3) is 5.60. The quantitative estimate of drug-likeness (QED) is 0.554. The predicted octanol–water partition coefficient (Wildman–Crippen LogP) is 1.99. The van der Waals surface area contributed by atoms with Gasteiger partial charge < -0.3 is 4.74 Å². The molecule has 1 fully saturated rings. The minimum atomic E-state index is 0.431. The number of carbonyl (C=O) groups is 1. The van der Waals surface area contributed by atoms with E-state index in [2.05, 4.69) is 11.7 Å². The summed E-state index contributed by atoms with van der Waals surface area (Å²) in [5, 5.41) is 0. The Hall–Kier alpha value is -0.530. The molecule has 0 radical (unpaired) electrons. The molecule has 0 bridgehead atoms. The van der Waals surface area contributed by atoms with Crippen molar-refractivity contribution in [3.8, 4) is 0 Å². The standard InChI is InChI=1S/C5H10.C3H6O2/c1-5-3-2-4-5;1-2-5-3-4/h5H,2-4H2,1H3;3H,2H2,1H3. The molecule has 1 saturated carbocycles. The number of carbonyl (C=O) groups excluding carboxylic acids is 1. The van der Waals surface area contributed by atoms with Crippen molar-refractivity contribution >= 4 is 6.47 Å². The fraction of sp³-hybridized carbons (Fsp3) is 0.875. The summed E-state index contributed by atoms with van der Waals surface area (Å²) < 4.78 is 4.15. The Labute approximate surface area is 62.6 Å². The Morgan fingerprint density at radius 1 is 1.60 bits per heavy atom. The van der Waals surface area contributed by atoms with Crippen LogP contribution in [0.2, 0.25) is 0 Å². The van der Waals surface area contributed by atoms with Crippen LogP contribution in [0.15, 0.2) is 0 Å². The van der Waals surface area contributed by atoms with Crippen molar-refractivity contribution < 1.29 is 9.53 Å². The Morgan fingerprint density at radius 3 is 2.10 bits per heavy atom. The van der Waals surface area contributed by atoms with Gasteiger partial charge in [0.2, 0.25) is 0 Å². The van der Waals surface area contributed by atoms with Crippen LogP contribution in [-0.4, -0.2) is 13.1 Å². The van der Waals surface area contributed by atoms with Gasteiger partial charge >= 0.3 is 0 Å². The maximum absolute atomic E-state index is 9.18. The fourth-order valence-electron chi connectivity index (χ4n) is 0.680. The average molecular weight is 144 g/mol. The zero-order valence-electron chi connectivity index (χ0n) is 6.80. The zero-order valence-corrected chi connectivity index (χ0v) is 6.80. The monoisotopic (exact) mass is 144 g/mol. The first-order chi connectivity index (χ1) is 4.81. The van der Waals surface area contributed by atoms with E-state index in [0.717, 1.165) is 5.92 Å². The predicted molar refractivity (Wildman–Crippen MR) is 40.7 cm³/mol. The highest BCUT2D eigenvalue weighted by atomic mass is 16.5. The second kappa shape index (κ2) is 6.59. The van der Waals surface area contributed by atoms with Crippen molar-refractivity contribution in [3.63, 3.8) is 0 Å². The lowest BCUT2D eigenvalue weighted by Gasteiger charge is -2.18. The minimum absolute atomic E-state index is 0.431. The van der Waals surface area contributed by atoms with Gasteiger partial charge in [0.25, 0.3) is 6.47 Å². The maximum atomic E-state index is 9.18. The number of hydrogen-bond acceptors (Lipinski definition) is 2. The van der Waals surface area contributed by atoms with Crippen LogP contribution in [0.5, 0.6) is 0 Å². The maximum Gasteiger partial charge on any atom is 0.293 e. The second-order valence-electron chi connectivity index (χ2n) is 2.59. The highest BCUT2D eigenvalue weighted by molar-refractivity contribution is 5.36. The van der Waals surface area contributed by atoms with Gasteiger partial charge in [-0.3, -0.25) is 4.79 Å². The van der Waals surface area contributed by atoms with Crippen molar-refractivity contribution in [2.45, 2.75) is 33.1 Å². The number of ether oxygens (including phenoxy) is 1. The molecule has 2 heteroatoms. The summed E-state index contributed by atoms with van der Waals surface area (Å²) in [4.78, 5) is 9.18. The molecular formula is C8H16O2. The van der Waals surface area contributed by atoms with Gasteiger partial charge in [-0.2, -0.15) is 0 Å². The highest BCUT2D eigenvalue weighted by Crippen LogP contribution is 2.24. The molecule has 0 atom stereocenters. The van der Waals surface area contributed by atoms with Crippen molar-refractivity contribution in [1.82, 2.24) is 0 Å². The van der Waals surface area contributed by atoms with Crippen LogP contribution in [0.25, 0.3) is 0 Å². The summed E-state index contributed by atoms with van der Waals surface area (Å²) in [6.07, 6.45) is 4.46. The molecule has 0 unspecified atom stereocenters. The van der Waals surface area contributed by atoms with Crippen LogP contribution >= 0.6 is 0 Å². The summed E-state index contributed by atoms with van der Waals surface area (Å²) in [6.45, 7) is 4.97. The normalized spacial score (nSPS) is 16.2. The van der Waals surface area contributed by atoms with E-state index in [1.165, 1.54) is 19.3 Å². The van der Waals surface area contributed by atoms with E-state index < -0.39 is 0 Å². The smallest absolute Gasteiger partial charge is 0.293 e. The molecule has 1 aliphatic carbocycles. The fourth-order valence-corrected chi connectivity index (χ4v) is 0.680. The lowest BCUT2D eigenvalue weighted by molar-refractivity contribution is -0.128. The molecule has 2 nitrogen and oxygen atoms in total. The van der Waals surface area contributed by atoms with Crippen LogP contribution in [0.1, 0.15) is 33.1 Å². The first-order valence-electron chi connectivity index (χ1n) is 3.86. The van der Waals surface area contributed by atoms with Crippen molar-refractivity contribution in [3.05, 3.63) is 0 Å². The molecule has 0 heterocycles. The molecular weight excluding hydrogens is 128 g/mol. The molecule has 0 spiro atoms. The molecule has 0 aromatic heterocycles. The Morgan fingerprint density at radius 2 is 2.10 bits per heavy atom. The Balaban J connectivity index is 0.000000162. The van der Waals surface area contributed by atoms with Gasteiger partial charge in [0.1, 0.15) is 0 Å². The first-order valence-corrected chi connectivity index (χ1v) is 3.86. The average Bonchev–Trinajstić information content (AvgIpc) is 1.87. The molecule has 0 amide bonds. The Kier molecular flexibility index (Phi) is 6.24. The number of hydrogen-bond donors (Lipinski definition) is 0. The van der Waals surface area contributed by atoms with Crippen LogP contribution in [0.4, 0.5) is 0 Å². The van der Waals surface area contributed by atoms with Gasteiger partial charge in [-0.05, 0) is 12.8 Å². The molecule has 0 aromatic carbocycles. The van der Waals surface area contributed by atoms with Crippen molar-refractivity contribution in [2.75, 3.05) is 6.61 Å². The molecule has 60 valence electrons. The summed E-state index contributed by atoms with van der Waals surface area (Å²) >= 11 is 0. The first kappa shape index (κ1) is 9.47. The largest absolute Gasteiger partial charge is 0.468 e. The van der Waals surface area contributed by atoms with Crippen LogP contribution < -0.4 is 0 Å². The van der Waals surface area contributed by atoms with Crippen molar-refractivity contribution in [1.29, 1.82) is 0 Å². The van der Waals surface area contributed by atoms with Gasteiger partial charge in [-0.15, -0.1) is 0 Å². The molecule has 0 saturated heterocycles. The molecule has 1 rings (SSSR count). The second-order valence-corrected chi connectivity index (χ2v) is 2.59. The van der Waals surface area contributed by atoms with Crippen LogP contribution in [-0.2, 0) is 9.53 Å². The molecule has 1 aliphatic rings. The molecule has 0 N–H and O–H groups in total. The molecule has 0 aliphatic heterocycles. The topological polar surface area (TPSA) is 26.3 Å². The summed E-state index contributed by atoms with van der Waals surface area (Å²) in [5.74, 6) is 1.06. The van der Waals surface area contributed by atoms with Crippen LogP contribution in [0, 0.1) is 5.92 Å². The van der Waals surface area contributed by atoms with Gasteiger partial charge in [0.15, 0.2) is 0 Å². The summed E-state index contributed by atoms with van der Waals surface area (Å²) in [7, 11) is 0. The van der Waals surface area contributed by atoms with E-state index in [0.29, 0.717) is 13.1 Å². The van der Waals surface area contributed by atoms with E-state index >= 15 is 0 Å². The van der Waals surface area contributed by atoms with E-state index in [9.17, 15) is 4.79 Å². The van der Waals surface area contributed by atoms with E-state index in [4.69, 9.17) is 0 Å². The highest BCUT2D eigenvalue weighted by Gasteiger charge is 2.09. The molecule has 10 heavy (non-hydrogen) atoms. The van der Waals surface area contributed by atoms with Gasteiger partial charge in [0, 0.05) is 0 Å². The molecule has 0 aromatic rings. The van der Waals surface area contributed by atoms with Crippen LogP contribution in [0.3, 0.4) is 0 Å². The van der Waals surface area contributed by atoms with Gasteiger partial charge in [-0.25, -0.2) is 0 Å². The lowest BCUT2D eigenvalue weighted by atomic mass is 9.88. The lowest BCUT2D eigenvalue weighted by Crippen LogP contribution is -2.04.